The van der Waals surface area contributed by atoms with Crippen LogP contribution in [0.2, 0.25) is 0 Å². The topological polar surface area (TPSA) is 21.6 Å². The monoisotopic (exact) mass is 291 g/mol. The SMILES string of the molecule is CC1=Nc2ccccc2/C1=C1/OC(c2ccccc2)=CS1. The number of thioether (sulfide) groups is 1. The second-order valence-electron chi connectivity index (χ2n) is 4.94. The highest BCUT2D eigenvalue weighted by Crippen LogP contribution is 2.45. The Balaban J connectivity index is 1.72. The third-order valence-electron chi connectivity index (χ3n) is 3.56. The van der Waals surface area contributed by atoms with Gasteiger partial charge in [-0.1, -0.05) is 60.3 Å². The fourth-order valence-corrected chi connectivity index (χ4v) is 3.48. The molecule has 2 aliphatic rings. The molecule has 0 saturated heterocycles. The van der Waals surface area contributed by atoms with E-state index < -0.39 is 0 Å². The largest absolute Gasteiger partial charge is 0.448 e. The number of hydrogen-bond donors (Lipinski definition) is 0. The second kappa shape index (κ2) is 4.93. The molecule has 2 aromatic rings. The van der Waals surface area contributed by atoms with Gasteiger partial charge in [0.2, 0.25) is 0 Å². The van der Waals surface area contributed by atoms with E-state index in [9.17, 15) is 0 Å². The molecular formula is C18H13NOS. The summed E-state index contributed by atoms with van der Waals surface area (Å²) in [5.74, 6) is 0.903. The predicted octanol–water partition coefficient (Wildman–Crippen LogP) is 5.22. The summed E-state index contributed by atoms with van der Waals surface area (Å²) < 4.78 is 6.08. The number of aliphatic imine (C=N–C) groups is 1. The van der Waals surface area contributed by atoms with Gasteiger partial charge in [0.05, 0.1) is 17.0 Å². The van der Waals surface area contributed by atoms with E-state index in [2.05, 4.69) is 28.6 Å². The van der Waals surface area contributed by atoms with Crippen LogP contribution in [0.15, 0.2) is 70.1 Å². The molecule has 0 unspecified atom stereocenters. The molecule has 2 heterocycles. The lowest BCUT2D eigenvalue weighted by Crippen LogP contribution is -1.95. The van der Waals surface area contributed by atoms with Gasteiger partial charge < -0.3 is 4.74 Å². The van der Waals surface area contributed by atoms with E-state index in [0.717, 1.165) is 38.9 Å². The van der Waals surface area contributed by atoms with Crippen LogP contribution in [0.3, 0.4) is 0 Å². The molecule has 0 amide bonds. The van der Waals surface area contributed by atoms with E-state index in [1.165, 1.54) is 0 Å². The molecule has 0 N–H and O–H groups in total. The van der Waals surface area contributed by atoms with E-state index in [0.29, 0.717) is 0 Å². The summed E-state index contributed by atoms with van der Waals surface area (Å²) in [6.07, 6.45) is 0. The van der Waals surface area contributed by atoms with Crippen LogP contribution in [0.25, 0.3) is 11.3 Å². The van der Waals surface area contributed by atoms with Crippen LogP contribution in [0, 0.1) is 0 Å². The average Bonchev–Trinajstić information content (AvgIpc) is 3.11. The van der Waals surface area contributed by atoms with E-state index >= 15 is 0 Å². The van der Waals surface area contributed by atoms with Crippen molar-refractivity contribution in [1.29, 1.82) is 0 Å². The Labute approximate surface area is 127 Å². The van der Waals surface area contributed by atoms with Gasteiger partial charge in [-0.25, -0.2) is 0 Å². The van der Waals surface area contributed by atoms with Crippen LogP contribution in [-0.4, -0.2) is 5.71 Å². The minimum absolute atomic E-state index is 0.903. The van der Waals surface area contributed by atoms with Crippen molar-refractivity contribution in [3.05, 3.63) is 76.2 Å². The molecule has 0 spiro atoms. The van der Waals surface area contributed by atoms with Gasteiger partial charge in [-0.05, 0) is 13.0 Å². The summed E-state index contributed by atoms with van der Waals surface area (Å²) in [5.41, 5.74) is 5.40. The Hall–Kier alpha value is -2.26. The number of allylic oxidation sites excluding steroid dienone is 1. The lowest BCUT2D eigenvalue weighted by molar-refractivity contribution is 0.432. The number of ether oxygens (including phenoxy) is 1. The zero-order valence-electron chi connectivity index (χ0n) is 11.5. The van der Waals surface area contributed by atoms with Crippen LogP contribution in [0.4, 0.5) is 5.69 Å². The zero-order valence-corrected chi connectivity index (χ0v) is 12.4. The van der Waals surface area contributed by atoms with E-state index in [-0.39, 0.29) is 0 Å². The van der Waals surface area contributed by atoms with Gasteiger partial charge in [-0.15, -0.1) is 0 Å². The molecule has 0 fully saturated rings. The van der Waals surface area contributed by atoms with Gasteiger partial charge in [-0.2, -0.15) is 0 Å². The van der Waals surface area contributed by atoms with E-state index in [1.54, 1.807) is 11.8 Å². The Kier molecular flexibility index (Phi) is 2.93. The van der Waals surface area contributed by atoms with Crippen molar-refractivity contribution >= 4 is 34.5 Å². The van der Waals surface area contributed by atoms with Crippen molar-refractivity contribution in [2.24, 2.45) is 4.99 Å². The quantitative estimate of drug-likeness (QED) is 0.718. The number of rotatable bonds is 1. The molecular weight excluding hydrogens is 278 g/mol. The van der Waals surface area contributed by atoms with Crippen LogP contribution in [0.1, 0.15) is 18.1 Å². The first-order valence-electron chi connectivity index (χ1n) is 6.82. The zero-order chi connectivity index (χ0) is 14.2. The number of hydrogen-bond acceptors (Lipinski definition) is 3. The van der Waals surface area contributed by atoms with Gasteiger partial charge in [0.25, 0.3) is 0 Å². The fraction of sp³-hybridized carbons (Fsp3) is 0.0556. The van der Waals surface area contributed by atoms with Crippen LogP contribution in [0.5, 0.6) is 0 Å². The minimum atomic E-state index is 0.903. The Morgan fingerprint density at radius 2 is 1.71 bits per heavy atom. The van der Waals surface area contributed by atoms with E-state index in [4.69, 9.17) is 4.74 Å². The number of fused-ring (bicyclic) bond motifs is 1. The summed E-state index contributed by atoms with van der Waals surface area (Å²) in [6, 6.07) is 18.4. The van der Waals surface area contributed by atoms with E-state index in [1.807, 2.05) is 43.3 Å². The molecule has 0 aromatic heterocycles. The van der Waals surface area contributed by atoms with Crippen molar-refractivity contribution in [3.63, 3.8) is 0 Å². The van der Waals surface area contributed by atoms with Crippen LogP contribution >= 0.6 is 11.8 Å². The minimum Gasteiger partial charge on any atom is -0.448 e. The summed E-state index contributed by atoms with van der Waals surface area (Å²) in [6.45, 7) is 2.03. The highest BCUT2D eigenvalue weighted by Gasteiger charge is 2.26. The molecule has 21 heavy (non-hydrogen) atoms. The summed E-state index contributed by atoms with van der Waals surface area (Å²) in [7, 11) is 0. The van der Waals surface area contributed by atoms with Crippen LogP contribution < -0.4 is 0 Å². The molecule has 0 bridgehead atoms. The maximum atomic E-state index is 6.08. The smallest absolute Gasteiger partial charge is 0.174 e. The predicted molar refractivity (Wildman–Crippen MR) is 89.2 cm³/mol. The molecule has 3 heteroatoms. The lowest BCUT2D eigenvalue weighted by atomic mass is 10.1. The normalized spacial score (nSPS) is 19.9. The van der Waals surface area contributed by atoms with Crippen molar-refractivity contribution in [1.82, 2.24) is 0 Å². The first-order valence-corrected chi connectivity index (χ1v) is 7.70. The Morgan fingerprint density at radius 3 is 2.57 bits per heavy atom. The molecule has 4 rings (SSSR count). The maximum Gasteiger partial charge on any atom is 0.174 e. The summed E-state index contributed by atoms with van der Waals surface area (Å²) in [5, 5.41) is 2.98. The van der Waals surface area contributed by atoms with Crippen molar-refractivity contribution in [3.8, 4) is 0 Å². The third-order valence-corrected chi connectivity index (χ3v) is 4.39. The standard InChI is InChI=1S/C18H13NOS/c1-12-17(14-9-5-6-10-15(14)19-12)18-20-16(11-21-18)13-7-3-2-4-8-13/h2-11H,1H3/b18-17-. The van der Waals surface area contributed by atoms with Gasteiger partial charge in [0.1, 0.15) is 5.76 Å². The number of benzene rings is 2. The maximum absolute atomic E-state index is 6.08. The lowest BCUT2D eigenvalue weighted by Gasteiger charge is -2.08. The van der Waals surface area contributed by atoms with Crippen molar-refractivity contribution in [2.45, 2.75) is 6.92 Å². The summed E-state index contributed by atoms with van der Waals surface area (Å²) >= 11 is 1.62. The van der Waals surface area contributed by atoms with Crippen molar-refractivity contribution in [2.75, 3.05) is 0 Å². The highest BCUT2D eigenvalue weighted by molar-refractivity contribution is 8.06. The van der Waals surface area contributed by atoms with Gasteiger partial charge >= 0.3 is 0 Å². The second-order valence-corrected chi connectivity index (χ2v) is 5.79. The summed E-state index contributed by atoms with van der Waals surface area (Å²) in [4.78, 5) is 4.62. The van der Waals surface area contributed by atoms with Gasteiger partial charge in [0.15, 0.2) is 5.09 Å². The van der Waals surface area contributed by atoms with Crippen LogP contribution in [-0.2, 0) is 4.74 Å². The molecule has 0 atom stereocenters. The first-order chi connectivity index (χ1) is 10.3. The Morgan fingerprint density at radius 1 is 0.952 bits per heavy atom. The van der Waals surface area contributed by atoms with Crippen molar-refractivity contribution < 1.29 is 4.74 Å². The average molecular weight is 291 g/mol. The Bertz CT molecular complexity index is 803. The molecule has 0 radical (unpaired) electrons. The molecule has 0 saturated carbocycles. The first kappa shape index (κ1) is 12.5. The van der Waals surface area contributed by atoms with Gasteiger partial charge in [0, 0.05) is 16.5 Å². The fourth-order valence-electron chi connectivity index (χ4n) is 2.57. The molecule has 2 aromatic carbocycles. The number of para-hydroxylation sites is 1. The molecule has 2 aliphatic heterocycles. The molecule has 2 nitrogen and oxygen atoms in total. The molecule has 0 aliphatic carbocycles. The highest BCUT2D eigenvalue weighted by atomic mass is 32.2. The number of nitrogens with zero attached hydrogens (tertiary/aromatic N) is 1. The van der Waals surface area contributed by atoms with Gasteiger partial charge in [-0.3, -0.25) is 4.99 Å². The molecule has 102 valence electrons. The third kappa shape index (κ3) is 2.10.